The van der Waals surface area contributed by atoms with Crippen molar-refractivity contribution in [2.45, 2.75) is 39.2 Å². The molecule has 0 N–H and O–H groups in total. The number of benzene rings is 1. The number of amides is 2. The van der Waals surface area contributed by atoms with E-state index in [-0.39, 0.29) is 17.9 Å². The fraction of sp³-hybridized carbons (Fsp3) is 0.565. The summed E-state index contributed by atoms with van der Waals surface area (Å²) < 4.78 is 5.49. The third-order valence-electron chi connectivity index (χ3n) is 5.83. The Kier molecular flexibility index (Phi) is 5.98. The summed E-state index contributed by atoms with van der Waals surface area (Å²) >= 11 is 0. The lowest BCUT2D eigenvalue weighted by Crippen LogP contribution is -2.53. The normalized spacial score (nSPS) is 20.1. The van der Waals surface area contributed by atoms with Crippen molar-refractivity contribution in [3.63, 3.8) is 0 Å². The summed E-state index contributed by atoms with van der Waals surface area (Å²) in [6.07, 6.45) is 2.91. The number of fused-ring (bicyclic) bond motifs is 1. The van der Waals surface area contributed by atoms with Crippen LogP contribution in [0.1, 0.15) is 33.6 Å². The molecule has 0 saturated carbocycles. The highest BCUT2D eigenvalue weighted by atomic mass is 16.6. The summed E-state index contributed by atoms with van der Waals surface area (Å²) in [6.45, 7) is 9.43. The zero-order valence-corrected chi connectivity index (χ0v) is 18.6. The van der Waals surface area contributed by atoms with Crippen LogP contribution >= 0.6 is 0 Å². The highest BCUT2D eigenvalue weighted by Gasteiger charge is 2.34. The number of nitrogens with zero attached hydrogens (tertiary/aromatic N) is 5. The van der Waals surface area contributed by atoms with Gasteiger partial charge in [-0.05, 0) is 45.7 Å². The number of anilines is 1. The van der Waals surface area contributed by atoms with Gasteiger partial charge in [-0.25, -0.2) is 14.8 Å². The average molecular weight is 426 g/mol. The van der Waals surface area contributed by atoms with Crippen LogP contribution in [-0.2, 0) is 9.53 Å². The second-order valence-electron chi connectivity index (χ2n) is 9.29. The molecule has 2 aromatic rings. The Balaban J connectivity index is 1.36. The number of piperidine rings is 1. The zero-order valence-electron chi connectivity index (χ0n) is 18.6. The molecule has 1 aromatic carbocycles. The summed E-state index contributed by atoms with van der Waals surface area (Å²) in [5, 5.41) is 1.03. The molecule has 0 bridgehead atoms. The topological polar surface area (TPSA) is 78.9 Å². The second kappa shape index (κ2) is 8.69. The number of aromatic nitrogens is 2. The van der Waals surface area contributed by atoms with E-state index in [1.165, 1.54) is 0 Å². The standard InChI is InChI=1S/C23H31N5O3/c1-23(2,3)31-22(30)28-10-6-7-17(15-28)21(29)27-13-11-26(12-14-27)20-18-8-4-5-9-19(18)24-16-25-20/h4-5,8-9,16-17H,6-7,10-15H2,1-3H3. The van der Waals surface area contributed by atoms with E-state index in [1.807, 2.05) is 49.9 Å². The summed E-state index contributed by atoms with van der Waals surface area (Å²) in [5.41, 5.74) is 0.394. The highest BCUT2D eigenvalue weighted by Crippen LogP contribution is 2.25. The van der Waals surface area contributed by atoms with E-state index in [0.717, 1.165) is 42.7 Å². The molecular weight excluding hydrogens is 394 g/mol. The molecule has 1 aromatic heterocycles. The molecule has 0 radical (unpaired) electrons. The largest absolute Gasteiger partial charge is 0.444 e. The van der Waals surface area contributed by atoms with Crippen LogP contribution in [0.3, 0.4) is 0 Å². The van der Waals surface area contributed by atoms with Gasteiger partial charge >= 0.3 is 6.09 Å². The zero-order chi connectivity index (χ0) is 22.0. The molecule has 8 heteroatoms. The Hall–Kier alpha value is -2.90. The first-order valence-corrected chi connectivity index (χ1v) is 11.0. The molecule has 2 aliphatic heterocycles. The third-order valence-corrected chi connectivity index (χ3v) is 5.83. The molecule has 2 amide bonds. The summed E-state index contributed by atoms with van der Waals surface area (Å²) in [7, 11) is 0. The minimum atomic E-state index is -0.532. The van der Waals surface area contributed by atoms with E-state index in [1.54, 1.807) is 11.2 Å². The maximum absolute atomic E-state index is 13.2. The second-order valence-corrected chi connectivity index (χ2v) is 9.29. The monoisotopic (exact) mass is 425 g/mol. The van der Waals surface area contributed by atoms with Crippen molar-refractivity contribution < 1.29 is 14.3 Å². The molecule has 0 spiro atoms. The van der Waals surface area contributed by atoms with Crippen molar-refractivity contribution >= 4 is 28.7 Å². The predicted octanol–water partition coefficient (Wildman–Crippen LogP) is 2.93. The molecule has 166 valence electrons. The van der Waals surface area contributed by atoms with Gasteiger partial charge in [-0.1, -0.05) is 12.1 Å². The molecule has 1 unspecified atom stereocenters. The summed E-state index contributed by atoms with van der Waals surface area (Å²) in [5.74, 6) is 0.902. The first kappa shape index (κ1) is 21.3. The number of rotatable bonds is 2. The Bertz CT molecular complexity index is 944. The molecular formula is C23H31N5O3. The number of para-hydroxylation sites is 1. The quantitative estimate of drug-likeness (QED) is 0.736. The number of piperazine rings is 1. The Morgan fingerprint density at radius 2 is 1.74 bits per heavy atom. The van der Waals surface area contributed by atoms with Crippen molar-refractivity contribution in [1.82, 2.24) is 19.8 Å². The van der Waals surface area contributed by atoms with Gasteiger partial charge in [-0.2, -0.15) is 0 Å². The predicted molar refractivity (Wildman–Crippen MR) is 119 cm³/mol. The smallest absolute Gasteiger partial charge is 0.410 e. The minimum absolute atomic E-state index is 0.139. The maximum atomic E-state index is 13.2. The molecule has 0 aliphatic carbocycles. The number of likely N-dealkylation sites (tertiary alicyclic amines) is 1. The number of hydrogen-bond acceptors (Lipinski definition) is 6. The highest BCUT2D eigenvalue weighted by molar-refractivity contribution is 5.89. The number of hydrogen-bond donors (Lipinski definition) is 0. The maximum Gasteiger partial charge on any atom is 0.410 e. The van der Waals surface area contributed by atoms with E-state index in [4.69, 9.17) is 4.74 Å². The van der Waals surface area contributed by atoms with Gasteiger partial charge in [-0.15, -0.1) is 0 Å². The summed E-state index contributed by atoms with van der Waals surface area (Å²) in [6, 6.07) is 7.99. The van der Waals surface area contributed by atoms with Crippen molar-refractivity contribution in [1.29, 1.82) is 0 Å². The van der Waals surface area contributed by atoms with Gasteiger partial charge in [0.2, 0.25) is 5.91 Å². The van der Waals surface area contributed by atoms with E-state index in [9.17, 15) is 9.59 Å². The third kappa shape index (κ3) is 4.89. The van der Waals surface area contributed by atoms with Gasteiger partial charge in [0, 0.05) is 44.7 Å². The van der Waals surface area contributed by atoms with Crippen molar-refractivity contribution in [3.8, 4) is 0 Å². The number of carbonyl (C=O) groups is 2. The molecule has 4 rings (SSSR count). The molecule has 8 nitrogen and oxygen atoms in total. The van der Waals surface area contributed by atoms with E-state index in [2.05, 4.69) is 14.9 Å². The van der Waals surface area contributed by atoms with Gasteiger partial charge in [0.05, 0.1) is 11.4 Å². The minimum Gasteiger partial charge on any atom is -0.444 e. The number of carbonyl (C=O) groups excluding carboxylic acids is 2. The fourth-order valence-corrected chi connectivity index (χ4v) is 4.31. The Morgan fingerprint density at radius 3 is 2.48 bits per heavy atom. The van der Waals surface area contributed by atoms with E-state index >= 15 is 0 Å². The van der Waals surface area contributed by atoms with Gasteiger partial charge < -0.3 is 19.4 Å². The molecule has 2 aliphatic rings. The van der Waals surface area contributed by atoms with Crippen LogP contribution in [0, 0.1) is 5.92 Å². The van der Waals surface area contributed by atoms with Gasteiger partial charge in [-0.3, -0.25) is 4.79 Å². The summed E-state index contributed by atoms with van der Waals surface area (Å²) in [4.78, 5) is 40.3. The van der Waals surface area contributed by atoms with Crippen LogP contribution in [-0.4, -0.2) is 76.6 Å². The van der Waals surface area contributed by atoms with Crippen molar-refractivity contribution in [2.24, 2.45) is 5.92 Å². The molecule has 31 heavy (non-hydrogen) atoms. The lowest BCUT2D eigenvalue weighted by molar-refractivity contribution is -0.137. The van der Waals surface area contributed by atoms with E-state index in [0.29, 0.717) is 26.2 Å². The Morgan fingerprint density at radius 1 is 1.00 bits per heavy atom. The van der Waals surface area contributed by atoms with Gasteiger partial charge in [0.15, 0.2) is 0 Å². The molecule has 2 saturated heterocycles. The van der Waals surface area contributed by atoms with E-state index < -0.39 is 5.60 Å². The van der Waals surface area contributed by atoms with Crippen LogP contribution in [0.4, 0.5) is 10.6 Å². The Labute approximate surface area is 183 Å². The van der Waals surface area contributed by atoms with Gasteiger partial charge in [0.1, 0.15) is 17.7 Å². The first-order chi connectivity index (χ1) is 14.8. The lowest BCUT2D eigenvalue weighted by atomic mass is 9.96. The van der Waals surface area contributed by atoms with Crippen LogP contribution < -0.4 is 4.90 Å². The van der Waals surface area contributed by atoms with Gasteiger partial charge in [0.25, 0.3) is 0 Å². The number of ether oxygens (including phenoxy) is 1. The molecule has 2 fully saturated rings. The SMILES string of the molecule is CC(C)(C)OC(=O)N1CCCC(C(=O)N2CCN(c3ncnc4ccccc34)CC2)C1. The van der Waals surface area contributed by atoms with Crippen molar-refractivity contribution in [3.05, 3.63) is 30.6 Å². The van der Waals surface area contributed by atoms with Crippen LogP contribution in [0.15, 0.2) is 30.6 Å². The first-order valence-electron chi connectivity index (χ1n) is 11.0. The van der Waals surface area contributed by atoms with Crippen LogP contribution in [0.5, 0.6) is 0 Å². The lowest BCUT2D eigenvalue weighted by Gasteiger charge is -2.39. The molecule has 1 atom stereocenters. The van der Waals surface area contributed by atoms with Crippen LogP contribution in [0.25, 0.3) is 10.9 Å². The average Bonchev–Trinajstić information content (AvgIpc) is 2.77. The fourth-order valence-electron chi connectivity index (χ4n) is 4.31. The van der Waals surface area contributed by atoms with Crippen molar-refractivity contribution in [2.75, 3.05) is 44.2 Å². The van der Waals surface area contributed by atoms with Crippen LogP contribution in [0.2, 0.25) is 0 Å². The molecule has 3 heterocycles.